The van der Waals surface area contributed by atoms with Gasteiger partial charge in [0.2, 0.25) is 0 Å². The van der Waals surface area contributed by atoms with E-state index < -0.39 is 5.97 Å². The number of rotatable bonds is 4. The predicted octanol–water partition coefficient (Wildman–Crippen LogP) is 2.20. The summed E-state index contributed by atoms with van der Waals surface area (Å²) in [6.07, 6.45) is 0. The van der Waals surface area contributed by atoms with Crippen molar-refractivity contribution < 1.29 is 9.90 Å². The number of nitrogens with zero attached hydrogens (tertiary/aromatic N) is 3. The van der Waals surface area contributed by atoms with Gasteiger partial charge in [-0.05, 0) is 12.1 Å². The summed E-state index contributed by atoms with van der Waals surface area (Å²) in [6.45, 7) is 0. The number of thioether (sulfide) groups is 1. The van der Waals surface area contributed by atoms with Crippen molar-refractivity contribution in [2.75, 3.05) is 5.75 Å². The number of aromatic nitrogens is 4. The number of aromatic amines is 1. The molecule has 7 heteroatoms. The number of aliphatic carboxylic acids is 1. The zero-order chi connectivity index (χ0) is 13.9. The second-order valence-electron chi connectivity index (χ2n) is 4.05. The van der Waals surface area contributed by atoms with Crippen molar-refractivity contribution in [3.8, 4) is 11.5 Å². The number of fused-ring (bicyclic) bond motifs is 1. The summed E-state index contributed by atoms with van der Waals surface area (Å²) >= 11 is 1.09. The van der Waals surface area contributed by atoms with Crippen LogP contribution in [-0.4, -0.2) is 37.0 Å². The van der Waals surface area contributed by atoms with E-state index in [1.807, 2.05) is 36.4 Å². The largest absolute Gasteiger partial charge is 0.481 e. The molecule has 0 saturated heterocycles. The van der Waals surface area contributed by atoms with Crippen molar-refractivity contribution in [3.05, 3.63) is 36.4 Å². The molecular formula is C13H10N4O2S. The summed E-state index contributed by atoms with van der Waals surface area (Å²) in [5, 5.41) is 18.0. The third-order valence-corrected chi connectivity index (χ3v) is 3.49. The number of carbonyl (C=O) groups is 1. The van der Waals surface area contributed by atoms with E-state index in [-0.39, 0.29) is 5.75 Å². The van der Waals surface area contributed by atoms with Gasteiger partial charge in [-0.3, -0.25) is 4.79 Å². The monoisotopic (exact) mass is 286 g/mol. The van der Waals surface area contributed by atoms with Crippen molar-refractivity contribution >= 4 is 28.6 Å². The molecule has 2 aromatic heterocycles. The summed E-state index contributed by atoms with van der Waals surface area (Å²) < 4.78 is 0. The van der Waals surface area contributed by atoms with Crippen LogP contribution < -0.4 is 0 Å². The van der Waals surface area contributed by atoms with E-state index in [1.54, 1.807) is 0 Å². The molecule has 3 aromatic rings. The highest BCUT2D eigenvalue weighted by molar-refractivity contribution is 7.99. The lowest BCUT2D eigenvalue weighted by Crippen LogP contribution is -1.97. The van der Waals surface area contributed by atoms with Gasteiger partial charge in [-0.1, -0.05) is 36.0 Å². The quantitative estimate of drug-likeness (QED) is 0.714. The van der Waals surface area contributed by atoms with Crippen LogP contribution in [0, 0.1) is 0 Å². The van der Waals surface area contributed by atoms with Crippen LogP contribution in [0.15, 0.2) is 41.6 Å². The first kappa shape index (κ1) is 12.6. The first-order chi connectivity index (χ1) is 9.72. The number of hydrogen-bond donors (Lipinski definition) is 2. The van der Waals surface area contributed by atoms with E-state index in [0.717, 1.165) is 22.7 Å². The van der Waals surface area contributed by atoms with E-state index in [1.165, 1.54) is 0 Å². The summed E-state index contributed by atoms with van der Waals surface area (Å²) in [4.78, 5) is 18.0. The molecule has 1 aromatic carbocycles. The molecule has 20 heavy (non-hydrogen) atoms. The van der Waals surface area contributed by atoms with Crippen LogP contribution >= 0.6 is 11.8 Å². The molecule has 0 atom stereocenters. The molecule has 0 unspecified atom stereocenters. The van der Waals surface area contributed by atoms with E-state index in [0.29, 0.717) is 16.7 Å². The van der Waals surface area contributed by atoms with Gasteiger partial charge < -0.3 is 10.1 Å². The topological polar surface area (TPSA) is 91.8 Å². The Morgan fingerprint density at radius 2 is 2.05 bits per heavy atom. The Kier molecular flexibility index (Phi) is 3.34. The molecule has 2 N–H and O–H groups in total. The zero-order valence-electron chi connectivity index (χ0n) is 10.3. The van der Waals surface area contributed by atoms with Crippen LogP contribution in [-0.2, 0) is 4.79 Å². The van der Waals surface area contributed by atoms with E-state index >= 15 is 0 Å². The Balaban J connectivity index is 1.89. The van der Waals surface area contributed by atoms with Crippen LogP contribution in [0.4, 0.5) is 0 Å². The van der Waals surface area contributed by atoms with Crippen LogP contribution in [0.25, 0.3) is 22.4 Å². The fourth-order valence-corrected chi connectivity index (χ4v) is 2.28. The van der Waals surface area contributed by atoms with Gasteiger partial charge in [0.1, 0.15) is 5.69 Å². The molecule has 0 bridgehead atoms. The van der Waals surface area contributed by atoms with Crippen LogP contribution in [0.5, 0.6) is 0 Å². The lowest BCUT2D eigenvalue weighted by molar-refractivity contribution is -0.133. The fourth-order valence-electron chi connectivity index (χ4n) is 1.75. The molecule has 0 spiro atoms. The van der Waals surface area contributed by atoms with Gasteiger partial charge in [-0.15, -0.1) is 10.2 Å². The smallest absolute Gasteiger partial charge is 0.313 e. The second-order valence-corrected chi connectivity index (χ2v) is 5.01. The number of carboxylic acid groups (broad SMARTS) is 1. The minimum Gasteiger partial charge on any atom is -0.481 e. The Hall–Kier alpha value is -2.41. The first-order valence-electron chi connectivity index (χ1n) is 5.86. The minimum absolute atomic E-state index is 0.0558. The maximum Gasteiger partial charge on any atom is 0.313 e. The van der Waals surface area contributed by atoms with Crippen LogP contribution in [0.1, 0.15) is 0 Å². The Labute approximate surface area is 118 Å². The maximum absolute atomic E-state index is 10.5. The van der Waals surface area contributed by atoms with Gasteiger partial charge in [0.15, 0.2) is 11.0 Å². The molecule has 2 heterocycles. The zero-order valence-corrected chi connectivity index (χ0v) is 11.1. The third kappa shape index (κ3) is 2.62. The minimum atomic E-state index is -0.892. The molecular weight excluding hydrogens is 276 g/mol. The average molecular weight is 286 g/mol. The van der Waals surface area contributed by atoms with Crippen molar-refractivity contribution in [2.45, 2.75) is 5.16 Å². The molecule has 0 aliphatic rings. The standard InChI is InChI=1S/C13H10N4O2S/c18-11(19)7-20-13-15-12(16-17-13)10-6-5-8-3-1-2-4-9(8)14-10/h1-6H,7H2,(H,18,19)(H,15,16,17). The second kappa shape index (κ2) is 5.30. The van der Waals surface area contributed by atoms with Crippen molar-refractivity contribution in [1.82, 2.24) is 20.2 Å². The normalized spacial score (nSPS) is 10.8. The summed E-state index contributed by atoms with van der Waals surface area (Å²) in [6, 6.07) is 11.6. The fraction of sp³-hybridized carbons (Fsp3) is 0.0769. The van der Waals surface area contributed by atoms with Gasteiger partial charge in [0.25, 0.3) is 0 Å². The van der Waals surface area contributed by atoms with Gasteiger partial charge in [-0.2, -0.15) is 0 Å². The number of benzene rings is 1. The summed E-state index contributed by atoms with van der Waals surface area (Å²) in [5.74, 6) is -0.416. The first-order valence-corrected chi connectivity index (χ1v) is 6.84. The van der Waals surface area contributed by atoms with Gasteiger partial charge in [-0.25, -0.2) is 4.98 Å². The van der Waals surface area contributed by atoms with E-state index in [9.17, 15) is 4.79 Å². The number of H-pyrrole nitrogens is 1. The Morgan fingerprint density at radius 3 is 2.90 bits per heavy atom. The highest BCUT2D eigenvalue weighted by atomic mass is 32.2. The summed E-state index contributed by atoms with van der Waals surface area (Å²) in [5.41, 5.74) is 1.56. The molecule has 100 valence electrons. The molecule has 0 amide bonds. The molecule has 0 saturated carbocycles. The Morgan fingerprint density at radius 1 is 1.20 bits per heavy atom. The molecule has 0 radical (unpaired) electrons. The van der Waals surface area contributed by atoms with E-state index in [2.05, 4.69) is 20.2 Å². The van der Waals surface area contributed by atoms with E-state index in [4.69, 9.17) is 5.11 Å². The van der Waals surface area contributed by atoms with Gasteiger partial charge >= 0.3 is 5.97 Å². The molecule has 3 rings (SSSR count). The van der Waals surface area contributed by atoms with Crippen molar-refractivity contribution in [1.29, 1.82) is 0 Å². The summed E-state index contributed by atoms with van der Waals surface area (Å²) in [7, 11) is 0. The number of nitrogens with one attached hydrogen (secondary N) is 1. The lowest BCUT2D eigenvalue weighted by atomic mass is 10.2. The molecule has 0 fully saturated rings. The van der Waals surface area contributed by atoms with Crippen molar-refractivity contribution in [3.63, 3.8) is 0 Å². The molecule has 6 nitrogen and oxygen atoms in total. The highest BCUT2D eigenvalue weighted by Gasteiger charge is 2.09. The van der Waals surface area contributed by atoms with Crippen LogP contribution in [0.3, 0.4) is 0 Å². The lowest BCUT2D eigenvalue weighted by Gasteiger charge is -1.99. The number of pyridine rings is 1. The SMILES string of the molecule is O=C(O)CSc1nnc(-c2ccc3ccccc3n2)[nH]1. The highest BCUT2D eigenvalue weighted by Crippen LogP contribution is 2.20. The van der Waals surface area contributed by atoms with Gasteiger partial charge in [0.05, 0.1) is 11.3 Å². The van der Waals surface area contributed by atoms with Crippen LogP contribution in [0.2, 0.25) is 0 Å². The maximum atomic E-state index is 10.5. The molecule has 0 aliphatic heterocycles. The van der Waals surface area contributed by atoms with Gasteiger partial charge in [0, 0.05) is 5.39 Å². The number of hydrogen-bond acceptors (Lipinski definition) is 5. The Bertz CT molecular complexity index is 772. The predicted molar refractivity (Wildman–Crippen MR) is 75.5 cm³/mol. The number of para-hydroxylation sites is 1. The third-order valence-electron chi connectivity index (χ3n) is 2.64. The number of carboxylic acids is 1. The van der Waals surface area contributed by atoms with Crippen molar-refractivity contribution in [2.24, 2.45) is 0 Å². The molecule has 0 aliphatic carbocycles. The average Bonchev–Trinajstić information content (AvgIpc) is 2.93.